The summed E-state index contributed by atoms with van der Waals surface area (Å²) >= 11 is 0. The van der Waals surface area contributed by atoms with Crippen LogP contribution in [0.2, 0.25) is 0 Å². The number of halogens is 1. The van der Waals surface area contributed by atoms with Crippen LogP contribution in [0.15, 0.2) is 54.6 Å². The zero-order valence-electron chi connectivity index (χ0n) is 22.5. The van der Waals surface area contributed by atoms with Crippen molar-refractivity contribution in [3.63, 3.8) is 0 Å². The Morgan fingerprint density at radius 1 is 0.500 bits per heavy atom. The molecule has 0 radical (unpaired) electrons. The molecule has 0 aliphatic carbocycles. The van der Waals surface area contributed by atoms with Crippen molar-refractivity contribution in [1.29, 1.82) is 0 Å². The first-order chi connectivity index (χ1) is 16.2. The first-order valence-corrected chi connectivity index (χ1v) is 14.1. The van der Waals surface area contributed by atoms with E-state index in [0.717, 1.165) is 4.48 Å². The molecule has 0 aromatic heterocycles. The van der Waals surface area contributed by atoms with Crippen molar-refractivity contribution in [3.8, 4) is 0 Å². The van der Waals surface area contributed by atoms with Crippen LogP contribution in [0.1, 0.15) is 115 Å². The summed E-state index contributed by atoms with van der Waals surface area (Å²) in [5.41, 5.74) is 4.29. The third kappa shape index (κ3) is 11.9. The molecular formula is C32H52ClN. The van der Waals surface area contributed by atoms with Gasteiger partial charge in [0, 0.05) is 5.56 Å². The molecule has 2 aromatic carbocycles. The second-order valence-corrected chi connectivity index (χ2v) is 10.5. The lowest BCUT2D eigenvalue weighted by Gasteiger charge is -2.30. The van der Waals surface area contributed by atoms with Crippen molar-refractivity contribution in [1.82, 2.24) is 4.48 Å². The maximum Gasteiger partial charge on any atom is 0.140 e. The van der Waals surface area contributed by atoms with Crippen molar-refractivity contribution >= 4 is 11.4 Å². The van der Waals surface area contributed by atoms with Gasteiger partial charge in [0.2, 0.25) is 0 Å². The van der Waals surface area contributed by atoms with Crippen molar-refractivity contribution < 1.29 is 12.4 Å². The van der Waals surface area contributed by atoms with Gasteiger partial charge in [-0.15, -0.1) is 0 Å². The fourth-order valence-corrected chi connectivity index (χ4v) is 5.07. The Morgan fingerprint density at radius 2 is 0.912 bits per heavy atom. The summed E-state index contributed by atoms with van der Waals surface area (Å²) in [5, 5.41) is 0. The summed E-state index contributed by atoms with van der Waals surface area (Å²) in [4.78, 5) is 0. The van der Waals surface area contributed by atoms with Gasteiger partial charge in [-0.1, -0.05) is 140 Å². The van der Waals surface area contributed by atoms with Crippen molar-refractivity contribution in [2.45, 2.75) is 116 Å². The molecule has 2 aromatic rings. The number of hydrogen-bond donors (Lipinski definition) is 0. The standard InChI is InChI=1S/C32H52N.ClH/c1-4-5-6-7-8-9-10-11-12-13-14-15-16-17-18-20-25-30-26-23-24-29-32(30)33(2,3)31-27-21-19-22-28-31;/h19,21-24,26-29H,4-18,20,25H2,1-3H3;1H/q+1;/p-1. The summed E-state index contributed by atoms with van der Waals surface area (Å²) in [6.07, 6.45) is 24.1. The van der Waals surface area contributed by atoms with E-state index in [-0.39, 0.29) is 12.4 Å². The number of rotatable bonds is 19. The van der Waals surface area contributed by atoms with Crippen LogP contribution >= 0.6 is 0 Å². The quantitative estimate of drug-likeness (QED) is 0.144. The molecule has 0 saturated carbocycles. The molecule has 0 unspecified atom stereocenters. The van der Waals surface area contributed by atoms with Gasteiger partial charge < -0.3 is 12.4 Å². The number of para-hydroxylation sites is 2. The smallest absolute Gasteiger partial charge is 0.140 e. The van der Waals surface area contributed by atoms with E-state index in [9.17, 15) is 0 Å². The molecular weight excluding hydrogens is 434 g/mol. The lowest BCUT2D eigenvalue weighted by atomic mass is 10.0. The van der Waals surface area contributed by atoms with E-state index >= 15 is 0 Å². The lowest BCUT2D eigenvalue weighted by molar-refractivity contribution is -0.00000709. The van der Waals surface area contributed by atoms with Gasteiger partial charge in [0.15, 0.2) is 0 Å². The van der Waals surface area contributed by atoms with Crippen LogP contribution < -0.4 is 16.9 Å². The minimum atomic E-state index is 0. The highest BCUT2D eigenvalue weighted by molar-refractivity contribution is 5.60. The summed E-state index contributed by atoms with van der Waals surface area (Å²) in [6, 6.07) is 19.9. The van der Waals surface area contributed by atoms with Gasteiger partial charge in [-0.2, -0.15) is 0 Å². The van der Waals surface area contributed by atoms with E-state index in [1.807, 2.05) is 0 Å². The van der Waals surface area contributed by atoms with E-state index in [1.165, 1.54) is 126 Å². The molecule has 0 aliphatic rings. The van der Waals surface area contributed by atoms with Crippen LogP contribution in [-0.2, 0) is 6.42 Å². The summed E-state index contributed by atoms with van der Waals surface area (Å²) < 4.78 is 0.815. The monoisotopic (exact) mass is 485 g/mol. The first kappa shape index (κ1) is 30.7. The largest absolute Gasteiger partial charge is 1.00 e. The fraction of sp³-hybridized carbons (Fsp3) is 0.625. The molecule has 0 spiro atoms. The lowest BCUT2D eigenvalue weighted by Crippen LogP contribution is -3.00. The molecule has 0 atom stereocenters. The third-order valence-corrected chi connectivity index (χ3v) is 7.30. The van der Waals surface area contributed by atoms with Crippen LogP contribution in [-0.4, -0.2) is 14.1 Å². The number of unbranched alkanes of at least 4 members (excludes halogenated alkanes) is 15. The molecule has 0 bridgehead atoms. The second-order valence-electron chi connectivity index (χ2n) is 10.5. The van der Waals surface area contributed by atoms with Crippen LogP contribution in [0.4, 0.5) is 11.4 Å². The van der Waals surface area contributed by atoms with E-state index in [0.29, 0.717) is 0 Å². The molecule has 192 valence electrons. The van der Waals surface area contributed by atoms with E-state index in [1.54, 1.807) is 0 Å². The summed E-state index contributed by atoms with van der Waals surface area (Å²) in [6.45, 7) is 2.30. The number of quaternary nitrogens is 1. The van der Waals surface area contributed by atoms with Gasteiger partial charge >= 0.3 is 0 Å². The van der Waals surface area contributed by atoms with Crippen LogP contribution in [0.5, 0.6) is 0 Å². The molecule has 34 heavy (non-hydrogen) atoms. The van der Waals surface area contributed by atoms with E-state index in [2.05, 4.69) is 75.6 Å². The summed E-state index contributed by atoms with van der Waals surface area (Å²) in [5.74, 6) is 0. The number of aryl methyl sites for hydroxylation is 1. The topological polar surface area (TPSA) is 0 Å². The highest BCUT2D eigenvalue weighted by Crippen LogP contribution is 2.34. The molecule has 0 N–H and O–H groups in total. The van der Waals surface area contributed by atoms with Gasteiger partial charge in [-0.3, -0.25) is 4.48 Å². The molecule has 0 aliphatic heterocycles. The molecule has 0 amide bonds. The number of benzene rings is 2. The fourth-order valence-electron chi connectivity index (χ4n) is 5.07. The van der Waals surface area contributed by atoms with E-state index in [4.69, 9.17) is 0 Å². The molecule has 1 nitrogen and oxygen atoms in total. The van der Waals surface area contributed by atoms with Gasteiger partial charge in [0.1, 0.15) is 11.4 Å². The van der Waals surface area contributed by atoms with Crippen molar-refractivity contribution in [2.75, 3.05) is 14.1 Å². The Bertz CT molecular complexity index is 725. The Kier molecular flexibility index (Phi) is 17.1. The average Bonchev–Trinajstić information content (AvgIpc) is 2.84. The van der Waals surface area contributed by atoms with Crippen molar-refractivity contribution in [2.24, 2.45) is 0 Å². The Morgan fingerprint density at radius 3 is 1.41 bits per heavy atom. The Hall–Kier alpha value is -1.31. The molecule has 2 rings (SSSR count). The van der Waals surface area contributed by atoms with Gasteiger partial charge in [0.25, 0.3) is 0 Å². The summed E-state index contributed by atoms with van der Waals surface area (Å²) in [7, 11) is 4.61. The van der Waals surface area contributed by atoms with Gasteiger partial charge in [0.05, 0.1) is 14.1 Å². The minimum absolute atomic E-state index is 0. The first-order valence-electron chi connectivity index (χ1n) is 14.1. The number of hydrogen-bond acceptors (Lipinski definition) is 0. The zero-order chi connectivity index (χ0) is 23.6. The molecule has 2 heteroatoms. The van der Waals surface area contributed by atoms with Crippen LogP contribution in [0, 0.1) is 0 Å². The van der Waals surface area contributed by atoms with Crippen molar-refractivity contribution in [3.05, 3.63) is 60.2 Å². The van der Waals surface area contributed by atoms with Gasteiger partial charge in [-0.25, -0.2) is 0 Å². The van der Waals surface area contributed by atoms with Crippen LogP contribution in [0.25, 0.3) is 0 Å². The third-order valence-electron chi connectivity index (χ3n) is 7.30. The van der Waals surface area contributed by atoms with E-state index < -0.39 is 0 Å². The molecule has 0 heterocycles. The molecule has 0 fully saturated rings. The zero-order valence-corrected chi connectivity index (χ0v) is 23.3. The Labute approximate surface area is 218 Å². The molecule has 0 saturated heterocycles. The highest BCUT2D eigenvalue weighted by atomic mass is 35.5. The highest BCUT2D eigenvalue weighted by Gasteiger charge is 2.24. The average molecular weight is 486 g/mol. The Balaban J connectivity index is 0.00000578. The maximum atomic E-state index is 2.34. The predicted octanol–water partition coefficient (Wildman–Crippen LogP) is 7.39. The predicted molar refractivity (Wildman–Crippen MR) is 149 cm³/mol. The SMILES string of the molecule is CCCCCCCCCCCCCCCCCCc1ccccc1[N+](C)(C)c1ccccc1.[Cl-]. The number of nitrogens with zero attached hydrogens (tertiary/aromatic N) is 1. The van der Waals surface area contributed by atoms with Gasteiger partial charge in [-0.05, 0) is 31.0 Å². The van der Waals surface area contributed by atoms with Crippen LogP contribution in [0.3, 0.4) is 0 Å². The second kappa shape index (κ2) is 18.9. The maximum absolute atomic E-state index is 2.34. The minimum Gasteiger partial charge on any atom is -1.00 e. The normalized spacial score (nSPS) is 11.4.